The lowest BCUT2D eigenvalue weighted by Gasteiger charge is -2.38. The summed E-state index contributed by atoms with van der Waals surface area (Å²) in [5.74, 6) is 0. The van der Waals surface area contributed by atoms with Crippen LogP contribution >= 0.6 is 7.60 Å². The molecule has 7 atom stereocenters. The topological polar surface area (TPSA) is 96.2 Å². The molecule has 3 N–H and O–H groups in total. The van der Waals surface area contributed by atoms with Gasteiger partial charge in [0.05, 0.1) is 17.7 Å². The number of alkyl halides is 1. The average molecular weight is 352 g/mol. The second-order valence-electron chi connectivity index (χ2n) is 6.66. The van der Waals surface area contributed by atoms with Crippen molar-refractivity contribution in [3.05, 3.63) is 0 Å². The van der Waals surface area contributed by atoms with E-state index in [1.165, 1.54) is 6.92 Å². The molecule has 1 fully saturated rings. The summed E-state index contributed by atoms with van der Waals surface area (Å²) in [6.45, 7) is 6.24. The maximum atomic E-state index is 13.6. The van der Waals surface area contributed by atoms with E-state index in [0.717, 1.165) is 0 Å². The highest BCUT2D eigenvalue weighted by molar-refractivity contribution is 7.54. The van der Waals surface area contributed by atoms with Crippen LogP contribution in [0.1, 0.15) is 53.4 Å². The number of rotatable bonds is 8. The van der Waals surface area contributed by atoms with Crippen LogP contribution in [-0.4, -0.2) is 58.3 Å². The first kappa shape index (κ1) is 21.1. The van der Waals surface area contributed by atoms with Crippen LogP contribution in [0.5, 0.6) is 0 Å². The number of halogens is 1. The van der Waals surface area contributed by atoms with Crippen molar-refractivity contribution in [3.8, 4) is 0 Å². The Morgan fingerprint density at radius 1 is 1.39 bits per heavy atom. The lowest BCUT2D eigenvalue weighted by molar-refractivity contribution is -0.0454. The van der Waals surface area contributed by atoms with Gasteiger partial charge in [-0.2, -0.15) is 0 Å². The Bertz CT molecular complexity index is 451. The molecule has 1 aliphatic heterocycles. The number of ether oxygens (including phenoxy) is 1. The monoisotopic (exact) mass is 352 g/mol. The van der Waals surface area contributed by atoms with Crippen LogP contribution < -0.4 is 0 Å². The Balaban J connectivity index is 2.93. The third kappa shape index (κ3) is 4.77. The van der Waals surface area contributed by atoms with Crippen molar-refractivity contribution in [2.75, 3.05) is 0 Å². The summed E-state index contributed by atoms with van der Waals surface area (Å²) < 4.78 is 36.6. The maximum absolute atomic E-state index is 13.6. The Labute approximate surface area is 138 Å². The van der Waals surface area contributed by atoms with Gasteiger partial charge < -0.3 is 24.4 Å². The molecule has 2 radical (unpaired) electrons. The molecular formula is C14H27BFO6P. The Morgan fingerprint density at radius 2 is 1.96 bits per heavy atom. The molecule has 0 spiro atoms. The molecular weight excluding hydrogens is 325 g/mol. The summed E-state index contributed by atoms with van der Waals surface area (Å²) in [6.07, 6.45) is -3.07. The van der Waals surface area contributed by atoms with E-state index in [1.54, 1.807) is 13.8 Å². The number of hydrogen-bond acceptors (Lipinski definition) is 5. The van der Waals surface area contributed by atoms with Crippen LogP contribution in [0, 0.1) is 0 Å². The van der Waals surface area contributed by atoms with Crippen molar-refractivity contribution in [3.63, 3.8) is 0 Å². The van der Waals surface area contributed by atoms with Crippen LogP contribution in [0.15, 0.2) is 0 Å². The van der Waals surface area contributed by atoms with Crippen LogP contribution in [0.4, 0.5) is 4.39 Å². The smallest absolute Gasteiger partial charge is 0.359 e. The molecule has 0 amide bonds. The zero-order valence-electron chi connectivity index (χ0n) is 14.1. The predicted octanol–water partition coefficient (Wildman–Crippen LogP) is 1.85. The molecule has 3 unspecified atom stereocenters. The van der Waals surface area contributed by atoms with Gasteiger partial charge in [-0.25, -0.2) is 4.39 Å². The van der Waals surface area contributed by atoms with E-state index in [9.17, 15) is 24.1 Å². The molecule has 134 valence electrons. The zero-order chi connectivity index (χ0) is 18.1. The third-order valence-electron chi connectivity index (χ3n) is 4.39. The van der Waals surface area contributed by atoms with E-state index in [-0.39, 0.29) is 12.8 Å². The van der Waals surface area contributed by atoms with Gasteiger partial charge in [-0.15, -0.1) is 0 Å². The summed E-state index contributed by atoms with van der Waals surface area (Å²) in [5, 5.41) is 18.0. The molecule has 0 bridgehead atoms. The summed E-state index contributed by atoms with van der Waals surface area (Å²) in [7, 11) is 1.07. The third-order valence-corrected chi connectivity index (χ3v) is 6.61. The molecule has 6 nitrogen and oxygen atoms in total. The van der Waals surface area contributed by atoms with Crippen LogP contribution in [0.3, 0.4) is 0 Å². The minimum absolute atomic E-state index is 0.0134. The van der Waals surface area contributed by atoms with Crippen molar-refractivity contribution in [2.45, 2.75) is 88.7 Å². The van der Waals surface area contributed by atoms with Gasteiger partial charge in [-0.1, -0.05) is 20.3 Å². The van der Waals surface area contributed by atoms with Gasteiger partial charge in [0, 0.05) is 6.42 Å². The van der Waals surface area contributed by atoms with Crippen LogP contribution in [0.25, 0.3) is 0 Å². The van der Waals surface area contributed by atoms with Gasteiger partial charge in [0.25, 0.3) is 0 Å². The van der Waals surface area contributed by atoms with Crippen LogP contribution in [0.2, 0.25) is 0 Å². The molecule has 9 heteroatoms. The quantitative estimate of drug-likeness (QED) is 0.456. The first-order chi connectivity index (χ1) is 10.4. The summed E-state index contributed by atoms with van der Waals surface area (Å²) in [6, 6.07) is -1.24. The van der Waals surface area contributed by atoms with Gasteiger partial charge >= 0.3 is 7.60 Å². The van der Waals surface area contributed by atoms with Crippen molar-refractivity contribution in [2.24, 2.45) is 0 Å². The Morgan fingerprint density at radius 3 is 2.35 bits per heavy atom. The van der Waals surface area contributed by atoms with E-state index >= 15 is 0 Å². The lowest BCUT2D eigenvalue weighted by Crippen LogP contribution is -2.40. The van der Waals surface area contributed by atoms with Crippen molar-refractivity contribution < 1.29 is 33.3 Å². The highest BCUT2D eigenvalue weighted by Crippen LogP contribution is 2.59. The van der Waals surface area contributed by atoms with Gasteiger partial charge in [0.15, 0.2) is 5.34 Å². The second-order valence-corrected chi connectivity index (χ2v) is 8.85. The lowest BCUT2D eigenvalue weighted by atomic mass is 9.89. The fourth-order valence-electron chi connectivity index (χ4n) is 2.66. The van der Waals surface area contributed by atoms with Crippen LogP contribution in [-0.2, 0) is 13.8 Å². The van der Waals surface area contributed by atoms with Gasteiger partial charge in [0.2, 0.25) is 0 Å². The number of aliphatic hydroxyl groups excluding tert-OH is 1. The molecule has 1 saturated heterocycles. The SMILES string of the molecule is [B][C@@H]1O[C@H](CC(C)(CCC)OP(=O)(O)C(C)(O)CC)[C@@H](O)[C@H]1F. The minimum Gasteiger partial charge on any atom is -0.387 e. The summed E-state index contributed by atoms with van der Waals surface area (Å²) >= 11 is 0. The predicted molar refractivity (Wildman–Crippen MR) is 85.1 cm³/mol. The molecule has 0 aromatic rings. The minimum atomic E-state index is -4.36. The second kappa shape index (κ2) is 7.50. The first-order valence-electron chi connectivity index (χ1n) is 7.88. The average Bonchev–Trinajstić information content (AvgIpc) is 2.65. The molecule has 23 heavy (non-hydrogen) atoms. The first-order valence-corrected chi connectivity index (χ1v) is 9.46. The van der Waals surface area contributed by atoms with Crippen molar-refractivity contribution in [1.82, 2.24) is 0 Å². The molecule has 0 saturated carbocycles. The van der Waals surface area contributed by atoms with Gasteiger partial charge in [0.1, 0.15) is 20.1 Å². The van der Waals surface area contributed by atoms with Gasteiger partial charge in [-0.05, 0) is 26.7 Å². The van der Waals surface area contributed by atoms with E-state index in [4.69, 9.17) is 17.1 Å². The molecule has 1 aliphatic rings. The molecule has 0 aromatic heterocycles. The molecule has 0 aliphatic carbocycles. The van der Waals surface area contributed by atoms with E-state index < -0.39 is 42.9 Å². The summed E-state index contributed by atoms with van der Waals surface area (Å²) in [5.41, 5.74) is -1.17. The number of hydrogen-bond donors (Lipinski definition) is 3. The normalized spacial score (nSPS) is 36.2. The zero-order valence-corrected chi connectivity index (χ0v) is 15.0. The highest BCUT2D eigenvalue weighted by Gasteiger charge is 2.49. The maximum Gasteiger partial charge on any atom is 0.359 e. The molecule has 1 heterocycles. The largest absolute Gasteiger partial charge is 0.387 e. The molecule has 1 rings (SSSR count). The number of aliphatic hydroxyl groups is 2. The fraction of sp³-hybridized carbons (Fsp3) is 1.00. The van der Waals surface area contributed by atoms with E-state index in [1.807, 2.05) is 6.92 Å². The molecule has 0 aromatic carbocycles. The van der Waals surface area contributed by atoms with Crippen molar-refractivity contribution >= 4 is 15.4 Å². The summed E-state index contributed by atoms with van der Waals surface area (Å²) in [4.78, 5) is 10.1. The van der Waals surface area contributed by atoms with E-state index in [2.05, 4.69) is 0 Å². The Kier molecular flexibility index (Phi) is 6.87. The van der Waals surface area contributed by atoms with E-state index in [0.29, 0.717) is 12.8 Å². The Hall–Kier alpha value is 0.0249. The van der Waals surface area contributed by atoms with Gasteiger partial charge in [-0.3, -0.25) is 4.57 Å². The van der Waals surface area contributed by atoms with Crippen molar-refractivity contribution in [1.29, 1.82) is 0 Å². The standard InChI is InChI=1S/C14H27BFO6P/c1-5-7-13(3,22-23(19,20)14(4,18)6-2)8-9-11(17)10(16)12(15)21-9/h9-12,17-18H,5-8H2,1-4H3,(H,19,20)/t9-,10-,11-,12-,13?,14?/m1/s1. The fourth-order valence-corrected chi connectivity index (χ4v) is 4.02. The highest BCUT2D eigenvalue weighted by atomic mass is 31.2.